The van der Waals surface area contributed by atoms with Gasteiger partial charge in [-0.3, -0.25) is 15.0 Å². The molecule has 2 rings (SSSR count). The third kappa shape index (κ3) is 2.93. The van der Waals surface area contributed by atoms with Crippen molar-refractivity contribution >= 4 is 23.0 Å². The SMILES string of the molecule is CC(C)(C)c1[nH][nH]c(=O)c1N=Nc1ccccc1Cl. The Labute approximate surface area is 115 Å². The van der Waals surface area contributed by atoms with Crippen molar-refractivity contribution < 1.29 is 0 Å². The molecule has 6 heteroatoms. The van der Waals surface area contributed by atoms with Crippen molar-refractivity contribution in [1.29, 1.82) is 0 Å². The third-order valence-electron chi connectivity index (χ3n) is 2.61. The molecule has 0 radical (unpaired) electrons. The molecule has 0 bridgehead atoms. The molecule has 1 aromatic carbocycles. The Hall–Kier alpha value is -1.88. The second-order valence-corrected chi connectivity index (χ2v) is 5.61. The summed E-state index contributed by atoms with van der Waals surface area (Å²) in [6, 6.07) is 7.09. The first-order chi connectivity index (χ1) is 8.89. The number of halogens is 1. The molecule has 1 heterocycles. The molecule has 100 valence electrons. The van der Waals surface area contributed by atoms with Gasteiger partial charge in [0, 0.05) is 5.41 Å². The zero-order valence-corrected chi connectivity index (χ0v) is 11.7. The van der Waals surface area contributed by atoms with Gasteiger partial charge in [0.05, 0.1) is 10.7 Å². The molecule has 19 heavy (non-hydrogen) atoms. The van der Waals surface area contributed by atoms with Gasteiger partial charge in [-0.2, -0.15) is 0 Å². The highest BCUT2D eigenvalue weighted by Crippen LogP contribution is 2.29. The van der Waals surface area contributed by atoms with Crippen molar-refractivity contribution in [2.45, 2.75) is 26.2 Å². The van der Waals surface area contributed by atoms with Gasteiger partial charge < -0.3 is 0 Å². The highest BCUT2D eigenvalue weighted by atomic mass is 35.5. The maximum Gasteiger partial charge on any atom is 0.292 e. The number of hydrogen-bond acceptors (Lipinski definition) is 3. The maximum absolute atomic E-state index is 11.7. The Morgan fingerprint density at radius 3 is 2.42 bits per heavy atom. The Morgan fingerprint density at radius 2 is 1.79 bits per heavy atom. The van der Waals surface area contributed by atoms with Crippen LogP contribution in [0.2, 0.25) is 5.02 Å². The van der Waals surface area contributed by atoms with Crippen LogP contribution in [0.5, 0.6) is 0 Å². The normalized spacial score (nSPS) is 12.2. The van der Waals surface area contributed by atoms with Crippen molar-refractivity contribution in [2.24, 2.45) is 10.2 Å². The van der Waals surface area contributed by atoms with Crippen LogP contribution < -0.4 is 5.56 Å². The van der Waals surface area contributed by atoms with Crippen LogP contribution in [0.1, 0.15) is 26.5 Å². The predicted octanol–water partition coefficient (Wildman–Crippen LogP) is 4.07. The van der Waals surface area contributed by atoms with Crippen LogP contribution in [0.3, 0.4) is 0 Å². The van der Waals surface area contributed by atoms with E-state index in [9.17, 15) is 4.79 Å². The van der Waals surface area contributed by atoms with Crippen molar-refractivity contribution in [1.82, 2.24) is 10.2 Å². The molecule has 1 aromatic heterocycles. The number of benzene rings is 1. The lowest BCUT2D eigenvalue weighted by Crippen LogP contribution is -2.12. The minimum Gasteiger partial charge on any atom is -0.299 e. The average Bonchev–Trinajstić information content (AvgIpc) is 2.69. The zero-order chi connectivity index (χ0) is 14.0. The minimum atomic E-state index is -0.291. The number of nitrogens with one attached hydrogen (secondary N) is 2. The standard InChI is InChI=1S/C13H15ClN4O/c1-13(2,3)11-10(12(19)18-17-11)16-15-9-7-5-4-6-8(9)14/h4-7H,1-3H3,(H2,17,18,19). The van der Waals surface area contributed by atoms with E-state index in [1.807, 2.05) is 32.9 Å². The molecule has 0 saturated carbocycles. The number of H-pyrrole nitrogens is 2. The molecular weight excluding hydrogens is 264 g/mol. The van der Waals surface area contributed by atoms with Gasteiger partial charge in [-0.05, 0) is 12.1 Å². The van der Waals surface area contributed by atoms with Gasteiger partial charge >= 0.3 is 0 Å². The molecule has 0 spiro atoms. The van der Waals surface area contributed by atoms with E-state index in [4.69, 9.17) is 11.6 Å². The van der Waals surface area contributed by atoms with Crippen LogP contribution in [0.4, 0.5) is 11.4 Å². The number of aromatic amines is 2. The maximum atomic E-state index is 11.7. The van der Waals surface area contributed by atoms with E-state index < -0.39 is 0 Å². The highest BCUT2D eigenvalue weighted by Gasteiger charge is 2.22. The largest absolute Gasteiger partial charge is 0.299 e. The summed E-state index contributed by atoms with van der Waals surface area (Å²) in [5, 5.41) is 13.9. The summed E-state index contributed by atoms with van der Waals surface area (Å²) in [5.41, 5.74) is 1.01. The molecule has 5 nitrogen and oxygen atoms in total. The summed E-state index contributed by atoms with van der Waals surface area (Å²) in [6.45, 7) is 5.96. The Kier molecular flexibility index (Phi) is 3.57. The van der Waals surface area contributed by atoms with Crippen molar-refractivity contribution in [3.63, 3.8) is 0 Å². The van der Waals surface area contributed by atoms with E-state index in [-0.39, 0.29) is 16.7 Å². The van der Waals surface area contributed by atoms with E-state index in [2.05, 4.69) is 20.4 Å². The first-order valence-corrected chi connectivity index (χ1v) is 6.25. The smallest absolute Gasteiger partial charge is 0.292 e. The number of aromatic nitrogens is 2. The monoisotopic (exact) mass is 278 g/mol. The number of hydrogen-bond donors (Lipinski definition) is 2. The van der Waals surface area contributed by atoms with Gasteiger partial charge in [-0.15, -0.1) is 10.2 Å². The van der Waals surface area contributed by atoms with E-state index in [1.54, 1.807) is 12.1 Å². The van der Waals surface area contributed by atoms with Crippen molar-refractivity contribution in [3.05, 3.63) is 45.3 Å². The summed E-state index contributed by atoms with van der Waals surface area (Å²) >= 11 is 5.99. The predicted molar refractivity (Wildman–Crippen MR) is 75.7 cm³/mol. The Bertz CT molecular complexity index is 664. The molecule has 0 saturated heterocycles. The molecule has 2 aromatic rings. The number of nitrogens with zero attached hydrogens (tertiary/aromatic N) is 2. The molecule has 0 amide bonds. The summed E-state index contributed by atoms with van der Waals surface area (Å²) < 4.78 is 0. The first-order valence-electron chi connectivity index (χ1n) is 5.87. The van der Waals surface area contributed by atoms with Gasteiger partial charge in [0.15, 0.2) is 5.69 Å². The van der Waals surface area contributed by atoms with Crippen LogP contribution in [-0.2, 0) is 5.41 Å². The van der Waals surface area contributed by atoms with Gasteiger partial charge in [0.25, 0.3) is 5.56 Å². The topological polar surface area (TPSA) is 73.4 Å². The van der Waals surface area contributed by atoms with Crippen molar-refractivity contribution in [3.8, 4) is 0 Å². The lowest BCUT2D eigenvalue weighted by atomic mass is 9.91. The molecule has 0 atom stereocenters. The van der Waals surface area contributed by atoms with Crippen LogP contribution >= 0.6 is 11.6 Å². The van der Waals surface area contributed by atoms with Gasteiger partial charge in [0.2, 0.25) is 0 Å². The summed E-state index contributed by atoms with van der Waals surface area (Å²) in [7, 11) is 0. The lowest BCUT2D eigenvalue weighted by Gasteiger charge is -2.15. The fraction of sp³-hybridized carbons (Fsp3) is 0.308. The highest BCUT2D eigenvalue weighted by molar-refractivity contribution is 6.32. The molecule has 0 unspecified atom stereocenters. The fourth-order valence-corrected chi connectivity index (χ4v) is 1.80. The van der Waals surface area contributed by atoms with Crippen molar-refractivity contribution in [2.75, 3.05) is 0 Å². The van der Waals surface area contributed by atoms with Crippen LogP contribution in [0.25, 0.3) is 0 Å². The van der Waals surface area contributed by atoms with E-state index >= 15 is 0 Å². The second kappa shape index (κ2) is 5.01. The van der Waals surface area contributed by atoms with Crippen LogP contribution in [-0.4, -0.2) is 10.2 Å². The molecular formula is C13H15ClN4O. The lowest BCUT2D eigenvalue weighted by molar-refractivity contribution is 0.567. The number of azo groups is 1. The average molecular weight is 279 g/mol. The molecule has 0 aliphatic heterocycles. The summed E-state index contributed by atoms with van der Waals surface area (Å²) in [4.78, 5) is 11.7. The quantitative estimate of drug-likeness (QED) is 0.799. The summed E-state index contributed by atoms with van der Waals surface area (Å²) in [6.07, 6.45) is 0. The first kappa shape index (κ1) is 13.5. The molecule has 0 fully saturated rings. The van der Waals surface area contributed by atoms with Crippen LogP contribution in [0, 0.1) is 0 Å². The van der Waals surface area contributed by atoms with Crippen LogP contribution in [0.15, 0.2) is 39.3 Å². The Morgan fingerprint density at radius 1 is 1.11 bits per heavy atom. The van der Waals surface area contributed by atoms with E-state index in [1.165, 1.54) is 0 Å². The Balaban J connectivity index is 2.42. The van der Waals surface area contributed by atoms with Gasteiger partial charge in [-0.1, -0.05) is 44.5 Å². The second-order valence-electron chi connectivity index (χ2n) is 5.20. The molecule has 0 aliphatic carbocycles. The molecule has 2 N–H and O–H groups in total. The number of rotatable bonds is 2. The fourth-order valence-electron chi connectivity index (χ4n) is 1.63. The van der Waals surface area contributed by atoms with E-state index in [0.29, 0.717) is 16.4 Å². The minimum absolute atomic E-state index is 0.228. The van der Waals surface area contributed by atoms with E-state index in [0.717, 1.165) is 0 Å². The zero-order valence-electron chi connectivity index (χ0n) is 11.0. The van der Waals surface area contributed by atoms with Gasteiger partial charge in [-0.25, -0.2) is 0 Å². The van der Waals surface area contributed by atoms with Gasteiger partial charge in [0.1, 0.15) is 5.69 Å². The third-order valence-corrected chi connectivity index (χ3v) is 2.93. The molecule has 0 aliphatic rings. The summed E-state index contributed by atoms with van der Waals surface area (Å²) in [5.74, 6) is 0.